The molecule has 2 aromatic carbocycles. The summed E-state index contributed by atoms with van der Waals surface area (Å²) in [6.45, 7) is 2.02. The highest BCUT2D eigenvalue weighted by atomic mass is 16.5. The molecule has 0 saturated heterocycles. The molecule has 1 heterocycles. The Balaban J connectivity index is 1.84. The zero-order chi connectivity index (χ0) is 17.6. The number of nitrogens with zero attached hydrogens (tertiary/aromatic N) is 1. The molecular weight excluding hydrogens is 314 g/mol. The fraction of sp³-hybridized carbons (Fsp3) is 0.100. The van der Waals surface area contributed by atoms with E-state index in [0.29, 0.717) is 22.8 Å². The molecule has 0 aliphatic heterocycles. The van der Waals surface area contributed by atoms with Gasteiger partial charge in [0.25, 0.3) is 5.91 Å². The van der Waals surface area contributed by atoms with Gasteiger partial charge in [-0.3, -0.25) is 4.79 Å². The number of nitrogens with one attached hydrogen (secondary N) is 2. The number of hydrogen-bond donors (Lipinski definition) is 2. The van der Waals surface area contributed by atoms with E-state index in [-0.39, 0.29) is 5.91 Å². The van der Waals surface area contributed by atoms with Crippen molar-refractivity contribution in [2.45, 2.75) is 6.92 Å². The van der Waals surface area contributed by atoms with E-state index in [1.807, 2.05) is 43.3 Å². The molecule has 126 valence electrons. The van der Waals surface area contributed by atoms with Gasteiger partial charge in [-0.1, -0.05) is 29.8 Å². The molecule has 0 fully saturated rings. The molecule has 0 unspecified atom stereocenters. The first-order valence-corrected chi connectivity index (χ1v) is 7.90. The lowest BCUT2D eigenvalue weighted by molar-refractivity contribution is 0.102. The SMILES string of the molecule is COc1ccccc1NC(=O)c1cccnc1Nc1ccc(C)cc1. The molecule has 0 spiro atoms. The predicted octanol–water partition coefficient (Wildman–Crippen LogP) is 4.39. The molecule has 5 heteroatoms. The number of aryl methyl sites for hydroxylation is 1. The lowest BCUT2D eigenvalue weighted by atomic mass is 10.2. The van der Waals surface area contributed by atoms with E-state index in [1.165, 1.54) is 5.56 Å². The lowest BCUT2D eigenvalue weighted by Crippen LogP contribution is -2.15. The molecule has 3 aromatic rings. The summed E-state index contributed by atoms with van der Waals surface area (Å²) < 4.78 is 5.27. The lowest BCUT2D eigenvalue weighted by Gasteiger charge is -2.13. The average Bonchev–Trinajstić information content (AvgIpc) is 2.64. The second-order valence-electron chi connectivity index (χ2n) is 5.55. The van der Waals surface area contributed by atoms with Crippen molar-refractivity contribution in [3.8, 4) is 5.75 Å². The molecule has 3 rings (SSSR count). The van der Waals surface area contributed by atoms with E-state index in [1.54, 1.807) is 37.6 Å². The van der Waals surface area contributed by atoms with Crippen LogP contribution < -0.4 is 15.4 Å². The summed E-state index contributed by atoms with van der Waals surface area (Å²) >= 11 is 0. The summed E-state index contributed by atoms with van der Waals surface area (Å²) in [7, 11) is 1.57. The number of para-hydroxylation sites is 2. The molecule has 0 saturated carbocycles. The first-order chi connectivity index (χ1) is 12.2. The normalized spacial score (nSPS) is 10.2. The van der Waals surface area contributed by atoms with Gasteiger partial charge in [-0.25, -0.2) is 4.98 Å². The Morgan fingerprint density at radius 2 is 1.76 bits per heavy atom. The number of benzene rings is 2. The van der Waals surface area contributed by atoms with Crippen LogP contribution in [-0.2, 0) is 0 Å². The van der Waals surface area contributed by atoms with Crippen LogP contribution in [0.15, 0.2) is 66.9 Å². The summed E-state index contributed by atoms with van der Waals surface area (Å²) in [6.07, 6.45) is 1.65. The smallest absolute Gasteiger partial charge is 0.259 e. The van der Waals surface area contributed by atoms with E-state index in [4.69, 9.17) is 4.74 Å². The van der Waals surface area contributed by atoms with Crippen molar-refractivity contribution in [2.75, 3.05) is 17.7 Å². The third-order valence-electron chi connectivity index (χ3n) is 3.72. The fourth-order valence-electron chi connectivity index (χ4n) is 2.40. The third-order valence-corrected chi connectivity index (χ3v) is 3.72. The topological polar surface area (TPSA) is 63.2 Å². The van der Waals surface area contributed by atoms with Crippen LogP contribution in [-0.4, -0.2) is 18.0 Å². The molecule has 0 atom stereocenters. The Morgan fingerprint density at radius 1 is 1.00 bits per heavy atom. The van der Waals surface area contributed by atoms with Crippen molar-refractivity contribution in [3.05, 3.63) is 78.0 Å². The van der Waals surface area contributed by atoms with Gasteiger partial charge >= 0.3 is 0 Å². The average molecular weight is 333 g/mol. The van der Waals surface area contributed by atoms with E-state index in [9.17, 15) is 4.79 Å². The van der Waals surface area contributed by atoms with E-state index in [2.05, 4.69) is 15.6 Å². The van der Waals surface area contributed by atoms with Crippen molar-refractivity contribution in [3.63, 3.8) is 0 Å². The molecule has 0 aliphatic rings. The molecule has 25 heavy (non-hydrogen) atoms. The van der Waals surface area contributed by atoms with Gasteiger partial charge in [-0.2, -0.15) is 0 Å². The maximum atomic E-state index is 12.7. The van der Waals surface area contributed by atoms with Gasteiger partial charge in [0, 0.05) is 11.9 Å². The van der Waals surface area contributed by atoms with Crippen LogP contribution in [0.25, 0.3) is 0 Å². The number of pyridine rings is 1. The van der Waals surface area contributed by atoms with Crippen molar-refractivity contribution >= 4 is 23.1 Å². The van der Waals surface area contributed by atoms with Crippen LogP contribution in [0.1, 0.15) is 15.9 Å². The highest BCUT2D eigenvalue weighted by Gasteiger charge is 2.14. The summed E-state index contributed by atoms with van der Waals surface area (Å²) in [6, 6.07) is 18.6. The van der Waals surface area contributed by atoms with Crippen molar-refractivity contribution in [2.24, 2.45) is 0 Å². The van der Waals surface area contributed by atoms with Gasteiger partial charge in [0.15, 0.2) is 0 Å². The molecular formula is C20H19N3O2. The van der Waals surface area contributed by atoms with E-state index < -0.39 is 0 Å². The summed E-state index contributed by atoms with van der Waals surface area (Å²) in [5.74, 6) is 0.846. The number of carbonyl (C=O) groups excluding carboxylic acids is 1. The van der Waals surface area contributed by atoms with Gasteiger partial charge in [0.05, 0.1) is 18.4 Å². The molecule has 0 aliphatic carbocycles. The summed E-state index contributed by atoms with van der Waals surface area (Å²) in [5.41, 5.74) is 3.10. The van der Waals surface area contributed by atoms with Crippen molar-refractivity contribution in [1.82, 2.24) is 4.98 Å². The van der Waals surface area contributed by atoms with Gasteiger partial charge in [0.1, 0.15) is 11.6 Å². The quantitative estimate of drug-likeness (QED) is 0.727. The van der Waals surface area contributed by atoms with Crippen molar-refractivity contribution in [1.29, 1.82) is 0 Å². The number of amides is 1. The van der Waals surface area contributed by atoms with Crippen LogP contribution in [0, 0.1) is 6.92 Å². The van der Waals surface area contributed by atoms with E-state index >= 15 is 0 Å². The maximum Gasteiger partial charge on any atom is 0.259 e. The number of hydrogen-bond acceptors (Lipinski definition) is 4. The minimum absolute atomic E-state index is 0.257. The standard InChI is InChI=1S/C20H19N3O2/c1-14-9-11-15(12-10-14)22-19-16(6-5-13-21-19)20(24)23-17-7-3-4-8-18(17)25-2/h3-13H,1-2H3,(H,21,22)(H,23,24). The summed E-state index contributed by atoms with van der Waals surface area (Å²) in [5, 5.41) is 6.06. The number of methoxy groups -OCH3 is 1. The van der Waals surface area contributed by atoms with Crippen LogP contribution in [0.3, 0.4) is 0 Å². The Bertz CT molecular complexity index is 876. The molecule has 1 amide bonds. The monoisotopic (exact) mass is 333 g/mol. The number of ether oxygens (including phenoxy) is 1. The molecule has 2 N–H and O–H groups in total. The molecule has 1 aromatic heterocycles. The zero-order valence-corrected chi connectivity index (χ0v) is 14.1. The van der Waals surface area contributed by atoms with Gasteiger partial charge in [-0.15, -0.1) is 0 Å². The van der Waals surface area contributed by atoms with Crippen LogP contribution >= 0.6 is 0 Å². The highest BCUT2D eigenvalue weighted by Crippen LogP contribution is 2.25. The highest BCUT2D eigenvalue weighted by molar-refractivity contribution is 6.08. The second-order valence-corrected chi connectivity index (χ2v) is 5.55. The fourth-order valence-corrected chi connectivity index (χ4v) is 2.40. The number of aromatic nitrogens is 1. The van der Waals surface area contributed by atoms with Crippen LogP contribution in [0.2, 0.25) is 0 Å². The Hall–Kier alpha value is -3.34. The minimum Gasteiger partial charge on any atom is -0.495 e. The van der Waals surface area contributed by atoms with Gasteiger partial charge in [-0.05, 0) is 43.3 Å². The van der Waals surface area contributed by atoms with Crippen molar-refractivity contribution < 1.29 is 9.53 Å². The second kappa shape index (κ2) is 7.49. The van der Waals surface area contributed by atoms with Crippen LogP contribution in [0.5, 0.6) is 5.75 Å². The maximum absolute atomic E-state index is 12.7. The largest absolute Gasteiger partial charge is 0.495 e. The number of anilines is 3. The van der Waals surface area contributed by atoms with Gasteiger partial charge in [0.2, 0.25) is 0 Å². The first-order valence-electron chi connectivity index (χ1n) is 7.90. The van der Waals surface area contributed by atoms with Crippen LogP contribution in [0.4, 0.5) is 17.2 Å². The number of carbonyl (C=O) groups is 1. The Kier molecular flexibility index (Phi) is 4.95. The predicted molar refractivity (Wildman–Crippen MR) is 99.6 cm³/mol. The molecule has 0 radical (unpaired) electrons. The minimum atomic E-state index is -0.257. The first kappa shape index (κ1) is 16.5. The third kappa shape index (κ3) is 3.95. The van der Waals surface area contributed by atoms with E-state index in [0.717, 1.165) is 5.69 Å². The summed E-state index contributed by atoms with van der Waals surface area (Å²) in [4.78, 5) is 17.0. The van der Waals surface area contributed by atoms with Gasteiger partial charge < -0.3 is 15.4 Å². The number of rotatable bonds is 5. The molecule has 0 bridgehead atoms. The Labute approximate surface area is 146 Å². The zero-order valence-electron chi connectivity index (χ0n) is 14.1. The Morgan fingerprint density at radius 3 is 2.52 bits per heavy atom. The molecule has 5 nitrogen and oxygen atoms in total.